The van der Waals surface area contributed by atoms with E-state index in [2.05, 4.69) is 34.5 Å². The van der Waals surface area contributed by atoms with E-state index >= 15 is 0 Å². The predicted molar refractivity (Wildman–Crippen MR) is 79.3 cm³/mol. The number of nitrogens with one attached hydrogen (secondary N) is 1. The molecule has 1 aliphatic rings. The smallest absolute Gasteiger partial charge is 0.130 e. The fourth-order valence-corrected chi connectivity index (χ4v) is 3.41. The summed E-state index contributed by atoms with van der Waals surface area (Å²) in [5, 5.41) is 4.41. The average molecular weight is 265 g/mol. The van der Waals surface area contributed by atoms with E-state index in [1.807, 2.05) is 18.7 Å². The molecule has 1 aliphatic carbocycles. The van der Waals surface area contributed by atoms with Gasteiger partial charge in [-0.05, 0) is 38.9 Å². The van der Waals surface area contributed by atoms with E-state index < -0.39 is 0 Å². The Hall–Kier alpha value is -0.770. The van der Waals surface area contributed by atoms with Crippen molar-refractivity contribution in [3.63, 3.8) is 0 Å². The van der Waals surface area contributed by atoms with Crippen molar-refractivity contribution in [3.8, 4) is 0 Å². The lowest BCUT2D eigenvalue weighted by atomic mass is 9.95. The largest absolute Gasteiger partial charge is 0.367 e. The average Bonchev–Trinajstić information content (AvgIpc) is 2.38. The summed E-state index contributed by atoms with van der Waals surface area (Å²) >= 11 is 2.00. The summed E-state index contributed by atoms with van der Waals surface area (Å²) < 4.78 is 0. The number of nitrogens with zero attached hydrogens (tertiary/aromatic N) is 2. The zero-order valence-electron chi connectivity index (χ0n) is 11.6. The monoisotopic (exact) mass is 265 g/mol. The Bertz CT molecular complexity index is 395. The Morgan fingerprint density at radius 3 is 2.94 bits per heavy atom. The summed E-state index contributed by atoms with van der Waals surface area (Å²) in [6.45, 7) is 4.10. The Morgan fingerprint density at radius 2 is 2.22 bits per heavy atom. The molecule has 4 heteroatoms. The number of hydrogen-bond acceptors (Lipinski definition) is 4. The fraction of sp³-hybridized carbons (Fsp3) is 0.714. The molecule has 0 saturated heterocycles. The Labute approximate surface area is 114 Å². The van der Waals surface area contributed by atoms with E-state index in [0.717, 1.165) is 29.0 Å². The lowest BCUT2D eigenvalue weighted by Gasteiger charge is -2.29. The Kier molecular flexibility index (Phi) is 4.87. The highest BCUT2D eigenvalue weighted by Crippen LogP contribution is 2.28. The van der Waals surface area contributed by atoms with Gasteiger partial charge in [-0.15, -0.1) is 0 Å². The van der Waals surface area contributed by atoms with Crippen LogP contribution in [-0.4, -0.2) is 27.5 Å². The number of aromatic nitrogens is 2. The highest BCUT2D eigenvalue weighted by atomic mass is 32.2. The molecule has 0 aromatic carbocycles. The molecule has 0 aliphatic heterocycles. The van der Waals surface area contributed by atoms with Crippen LogP contribution >= 0.6 is 11.8 Å². The van der Waals surface area contributed by atoms with Crippen molar-refractivity contribution in [3.05, 3.63) is 17.6 Å². The van der Waals surface area contributed by atoms with Gasteiger partial charge in [0.25, 0.3) is 0 Å². The minimum absolute atomic E-state index is 0.579. The Balaban J connectivity index is 2.02. The van der Waals surface area contributed by atoms with Crippen LogP contribution in [0.25, 0.3) is 0 Å². The van der Waals surface area contributed by atoms with Crippen LogP contribution in [0.1, 0.15) is 44.1 Å². The number of hydrogen-bond donors (Lipinski definition) is 1. The van der Waals surface area contributed by atoms with E-state index in [4.69, 9.17) is 0 Å². The first-order valence-corrected chi connectivity index (χ1v) is 8.14. The lowest BCUT2D eigenvalue weighted by Crippen LogP contribution is -2.29. The van der Waals surface area contributed by atoms with E-state index in [0.29, 0.717) is 6.04 Å². The number of rotatable bonds is 4. The van der Waals surface area contributed by atoms with Crippen LogP contribution in [0.3, 0.4) is 0 Å². The normalized spacial score (nSPS) is 23.9. The van der Waals surface area contributed by atoms with E-state index in [-0.39, 0.29) is 0 Å². The van der Waals surface area contributed by atoms with Gasteiger partial charge in [0.2, 0.25) is 0 Å². The van der Waals surface area contributed by atoms with E-state index in [9.17, 15) is 0 Å². The molecule has 1 N–H and O–H groups in total. The van der Waals surface area contributed by atoms with Gasteiger partial charge in [0.05, 0.1) is 0 Å². The fourth-order valence-electron chi connectivity index (χ4n) is 2.58. The molecule has 3 nitrogen and oxygen atoms in total. The summed E-state index contributed by atoms with van der Waals surface area (Å²) in [6, 6.07) is 2.67. The van der Waals surface area contributed by atoms with Gasteiger partial charge in [0.1, 0.15) is 11.6 Å². The summed E-state index contributed by atoms with van der Waals surface area (Å²) in [6.07, 6.45) is 8.40. The SMILES string of the molecule is CCc1cc(NC2CCCC(SC)C2)nc(C)n1. The minimum atomic E-state index is 0.579. The molecule has 1 aromatic rings. The van der Waals surface area contributed by atoms with Gasteiger partial charge in [-0.3, -0.25) is 0 Å². The van der Waals surface area contributed by atoms with Crippen LogP contribution in [-0.2, 0) is 6.42 Å². The van der Waals surface area contributed by atoms with Gasteiger partial charge >= 0.3 is 0 Å². The van der Waals surface area contributed by atoms with Crippen molar-refractivity contribution >= 4 is 17.6 Å². The first-order chi connectivity index (χ1) is 8.71. The van der Waals surface area contributed by atoms with Crippen molar-refractivity contribution in [1.29, 1.82) is 0 Å². The maximum Gasteiger partial charge on any atom is 0.130 e. The molecule has 100 valence electrons. The van der Waals surface area contributed by atoms with Crippen molar-refractivity contribution in [2.45, 2.75) is 57.2 Å². The predicted octanol–water partition coefficient (Wildman–Crippen LogP) is 3.43. The van der Waals surface area contributed by atoms with Crippen LogP contribution in [0.5, 0.6) is 0 Å². The maximum atomic E-state index is 4.50. The minimum Gasteiger partial charge on any atom is -0.367 e. The second kappa shape index (κ2) is 6.41. The molecule has 0 spiro atoms. The lowest BCUT2D eigenvalue weighted by molar-refractivity contribution is 0.472. The molecule has 1 fully saturated rings. The second-order valence-corrected chi connectivity index (χ2v) is 6.15. The maximum absolute atomic E-state index is 4.50. The molecule has 2 unspecified atom stereocenters. The standard InChI is InChI=1S/C14H23N3S/c1-4-11-9-14(16-10(2)15-11)17-12-6-5-7-13(8-12)18-3/h9,12-13H,4-8H2,1-3H3,(H,15,16,17). The van der Waals surface area contributed by atoms with Crippen molar-refractivity contribution < 1.29 is 0 Å². The van der Waals surface area contributed by atoms with Crippen LogP contribution < -0.4 is 5.32 Å². The highest BCUT2D eigenvalue weighted by molar-refractivity contribution is 7.99. The van der Waals surface area contributed by atoms with Gasteiger partial charge in [-0.1, -0.05) is 13.3 Å². The quantitative estimate of drug-likeness (QED) is 0.905. The third-order valence-electron chi connectivity index (χ3n) is 3.56. The van der Waals surface area contributed by atoms with Crippen molar-refractivity contribution in [2.75, 3.05) is 11.6 Å². The van der Waals surface area contributed by atoms with Gasteiger partial charge in [0, 0.05) is 23.1 Å². The highest BCUT2D eigenvalue weighted by Gasteiger charge is 2.21. The molecule has 18 heavy (non-hydrogen) atoms. The van der Waals surface area contributed by atoms with Crippen LogP contribution in [0, 0.1) is 6.92 Å². The number of anilines is 1. The summed E-state index contributed by atoms with van der Waals surface area (Å²) in [5.41, 5.74) is 1.13. The van der Waals surface area contributed by atoms with Gasteiger partial charge in [-0.2, -0.15) is 11.8 Å². The van der Waals surface area contributed by atoms with Gasteiger partial charge < -0.3 is 5.32 Å². The van der Waals surface area contributed by atoms with Crippen molar-refractivity contribution in [1.82, 2.24) is 9.97 Å². The van der Waals surface area contributed by atoms with Gasteiger partial charge in [-0.25, -0.2) is 9.97 Å². The number of aryl methyl sites for hydroxylation is 2. The summed E-state index contributed by atoms with van der Waals surface area (Å²) in [4.78, 5) is 8.92. The third-order valence-corrected chi connectivity index (χ3v) is 4.66. The molecular weight excluding hydrogens is 242 g/mol. The zero-order chi connectivity index (χ0) is 13.0. The first kappa shape index (κ1) is 13.7. The second-order valence-electron chi connectivity index (χ2n) is 5.01. The Morgan fingerprint density at radius 1 is 1.39 bits per heavy atom. The van der Waals surface area contributed by atoms with Crippen LogP contribution in [0.4, 0.5) is 5.82 Å². The topological polar surface area (TPSA) is 37.8 Å². The van der Waals surface area contributed by atoms with Crippen molar-refractivity contribution in [2.24, 2.45) is 0 Å². The first-order valence-electron chi connectivity index (χ1n) is 6.85. The molecular formula is C14H23N3S. The molecule has 1 saturated carbocycles. The molecule has 1 heterocycles. The third kappa shape index (κ3) is 3.61. The molecule has 2 atom stereocenters. The number of thioether (sulfide) groups is 1. The molecule has 2 rings (SSSR count). The van der Waals surface area contributed by atoms with Crippen LogP contribution in [0.2, 0.25) is 0 Å². The summed E-state index contributed by atoms with van der Waals surface area (Å²) in [7, 11) is 0. The molecule has 0 radical (unpaired) electrons. The zero-order valence-corrected chi connectivity index (χ0v) is 12.4. The van der Waals surface area contributed by atoms with Crippen LogP contribution in [0.15, 0.2) is 6.07 Å². The molecule has 0 bridgehead atoms. The van der Waals surface area contributed by atoms with E-state index in [1.54, 1.807) is 0 Å². The molecule has 0 amide bonds. The van der Waals surface area contributed by atoms with Gasteiger partial charge in [0.15, 0.2) is 0 Å². The summed E-state index contributed by atoms with van der Waals surface area (Å²) in [5.74, 6) is 1.88. The van der Waals surface area contributed by atoms with E-state index in [1.165, 1.54) is 25.7 Å². The molecule has 1 aromatic heterocycles.